The third-order valence-corrected chi connectivity index (χ3v) is 10.3. The Labute approximate surface area is 191 Å². The number of rotatable bonds is 6. The summed E-state index contributed by atoms with van der Waals surface area (Å²) in [6, 6.07) is 15.8. The van der Waals surface area contributed by atoms with E-state index in [2.05, 4.69) is 17.0 Å². The summed E-state index contributed by atoms with van der Waals surface area (Å²) in [5.41, 5.74) is 1.21. The van der Waals surface area contributed by atoms with E-state index in [1.807, 2.05) is 25.1 Å². The van der Waals surface area contributed by atoms with Crippen molar-refractivity contribution in [3.05, 3.63) is 60.2 Å². The highest BCUT2D eigenvalue weighted by atomic mass is 32.2. The van der Waals surface area contributed by atoms with Crippen LogP contribution < -0.4 is 0 Å². The molecule has 9 heteroatoms. The fourth-order valence-corrected chi connectivity index (χ4v) is 7.59. The molecule has 0 aromatic heterocycles. The van der Waals surface area contributed by atoms with Gasteiger partial charge in [0.05, 0.1) is 9.79 Å². The Morgan fingerprint density at radius 3 is 1.94 bits per heavy atom. The number of hydrogen-bond acceptors (Lipinski definition) is 5. The van der Waals surface area contributed by atoms with Crippen LogP contribution in [0.15, 0.2) is 64.4 Å². The molecular formula is C23H31N3O4S2. The summed E-state index contributed by atoms with van der Waals surface area (Å²) in [5.74, 6) is 0. The van der Waals surface area contributed by atoms with Crippen molar-refractivity contribution in [2.24, 2.45) is 0 Å². The second kappa shape index (κ2) is 9.61. The maximum absolute atomic E-state index is 13.1. The van der Waals surface area contributed by atoms with Crippen LogP contribution in [0.4, 0.5) is 0 Å². The molecule has 1 unspecified atom stereocenters. The minimum absolute atomic E-state index is 0.0376. The van der Waals surface area contributed by atoms with Gasteiger partial charge in [0.25, 0.3) is 0 Å². The SMILES string of the molecule is CC1CCCCN1S(=O)(=O)c1ccc(S(=O)(=O)N2CCN(Cc3ccccc3)CC2)cc1. The van der Waals surface area contributed by atoms with Gasteiger partial charge in [-0.1, -0.05) is 36.8 Å². The monoisotopic (exact) mass is 477 g/mol. The predicted octanol–water partition coefficient (Wildman–Crippen LogP) is 2.76. The Kier molecular flexibility index (Phi) is 7.02. The third kappa shape index (κ3) is 4.92. The smallest absolute Gasteiger partial charge is 0.243 e. The predicted molar refractivity (Wildman–Crippen MR) is 124 cm³/mol. The molecule has 4 rings (SSSR count). The van der Waals surface area contributed by atoms with Crippen molar-refractivity contribution in [1.29, 1.82) is 0 Å². The van der Waals surface area contributed by atoms with Crippen LogP contribution in [0.5, 0.6) is 0 Å². The second-order valence-electron chi connectivity index (χ2n) is 8.60. The first-order valence-corrected chi connectivity index (χ1v) is 14.0. The molecule has 2 aromatic rings. The van der Waals surface area contributed by atoms with E-state index in [1.165, 1.54) is 38.4 Å². The van der Waals surface area contributed by atoms with Gasteiger partial charge in [-0.05, 0) is 49.6 Å². The minimum Gasteiger partial charge on any atom is -0.296 e. The summed E-state index contributed by atoms with van der Waals surface area (Å²) >= 11 is 0. The van der Waals surface area contributed by atoms with Gasteiger partial charge >= 0.3 is 0 Å². The van der Waals surface area contributed by atoms with Gasteiger partial charge in [0, 0.05) is 45.3 Å². The Balaban J connectivity index is 1.42. The van der Waals surface area contributed by atoms with E-state index in [0.29, 0.717) is 32.7 Å². The second-order valence-corrected chi connectivity index (χ2v) is 12.4. The highest BCUT2D eigenvalue weighted by Crippen LogP contribution is 2.26. The fourth-order valence-electron chi connectivity index (χ4n) is 4.47. The summed E-state index contributed by atoms with van der Waals surface area (Å²) in [6.45, 7) is 5.39. The number of benzene rings is 2. The molecule has 174 valence electrons. The molecule has 0 bridgehead atoms. The average molecular weight is 478 g/mol. The average Bonchev–Trinajstić information content (AvgIpc) is 2.80. The maximum atomic E-state index is 13.1. The quantitative estimate of drug-likeness (QED) is 0.639. The Bertz CT molecular complexity index is 1110. The highest BCUT2D eigenvalue weighted by Gasteiger charge is 2.32. The molecule has 7 nitrogen and oxygen atoms in total. The van der Waals surface area contributed by atoms with Gasteiger partial charge < -0.3 is 0 Å². The molecule has 2 aliphatic rings. The maximum Gasteiger partial charge on any atom is 0.243 e. The molecule has 0 saturated carbocycles. The van der Waals surface area contributed by atoms with Crippen LogP contribution in [0, 0.1) is 0 Å². The topological polar surface area (TPSA) is 78.0 Å². The van der Waals surface area contributed by atoms with Crippen molar-refractivity contribution in [2.45, 2.75) is 48.6 Å². The zero-order valence-corrected chi connectivity index (χ0v) is 20.1. The molecule has 2 aliphatic heterocycles. The highest BCUT2D eigenvalue weighted by molar-refractivity contribution is 7.89. The Hall–Kier alpha value is -1.78. The van der Waals surface area contributed by atoms with E-state index in [9.17, 15) is 16.8 Å². The van der Waals surface area contributed by atoms with Gasteiger partial charge in [0.2, 0.25) is 20.0 Å². The Morgan fingerprint density at radius 2 is 1.34 bits per heavy atom. The van der Waals surface area contributed by atoms with Crippen LogP contribution in [0.25, 0.3) is 0 Å². The van der Waals surface area contributed by atoms with Gasteiger partial charge in [0.1, 0.15) is 0 Å². The van der Waals surface area contributed by atoms with Gasteiger partial charge in [0.15, 0.2) is 0 Å². The van der Waals surface area contributed by atoms with Gasteiger partial charge in [-0.25, -0.2) is 16.8 Å². The van der Waals surface area contributed by atoms with E-state index in [1.54, 1.807) is 0 Å². The molecule has 0 N–H and O–H groups in total. The van der Waals surface area contributed by atoms with E-state index in [4.69, 9.17) is 0 Å². The normalized spacial score (nSPS) is 22.1. The van der Waals surface area contributed by atoms with Crippen LogP contribution in [0.3, 0.4) is 0 Å². The molecule has 2 fully saturated rings. The summed E-state index contributed by atoms with van der Waals surface area (Å²) in [7, 11) is -7.28. The molecule has 1 atom stereocenters. The molecule has 0 radical (unpaired) electrons. The molecule has 2 heterocycles. The van der Waals surface area contributed by atoms with Crippen LogP contribution in [-0.2, 0) is 26.6 Å². The summed E-state index contributed by atoms with van der Waals surface area (Å²) in [6.07, 6.45) is 2.73. The lowest BCUT2D eigenvalue weighted by molar-refractivity contribution is 0.181. The lowest BCUT2D eigenvalue weighted by Gasteiger charge is -2.34. The molecule has 0 aliphatic carbocycles. The van der Waals surface area contributed by atoms with Crippen molar-refractivity contribution in [2.75, 3.05) is 32.7 Å². The first kappa shape index (κ1) is 23.4. The number of nitrogens with zero attached hydrogens (tertiary/aromatic N) is 3. The van der Waals surface area contributed by atoms with Crippen molar-refractivity contribution >= 4 is 20.0 Å². The standard InChI is InChI=1S/C23H31N3O4S2/c1-20-7-5-6-14-26(20)32(29,30)23-12-10-22(11-13-23)31(27,28)25-17-15-24(16-18-25)19-21-8-3-2-4-9-21/h2-4,8-13,20H,5-7,14-19H2,1H3. The molecule has 2 aromatic carbocycles. The van der Waals surface area contributed by atoms with Gasteiger partial charge in [-0.3, -0.25) is 4.90 Å². The molecule has 0 amide bonds. The molecule has 32 heavy (non-hydrogen) atoms. The summed E-state index contributed by atoms with van der Waals surface area (Å²) < 4.78 is 55.3. The van der Waals surface area contributed by atoms with E-state index in [-0.39, 0.29) is 15.8 Å². The first-order valence-electron chi connectivity index (χ1n) is 11.2. The lowest BCUT2D eigenvalue weighted by Crippen LogP contribution is -2.48. The number of piperazine rings is 1. The van der Waals surface area contributed by atoms with E-state index < -0.39 is 20.0 Å². The van der Waals surface area contributed by atoms with Crippen molar-refractivity contribution in [3.8, 4) is 0 Å². The summed E-state index contributed by atoms with van der Waals surface area (Å²) in [4.78, 5) is 2.54. The number of sulfonamides is 2. The van der Waals surface area contributed by atoms with Crippen LogP contribution in [-0.4, -0.2) is 69.1 Å². The third-order valence-electron chi connectivity index (χ3n) is 6.39. The van der Waals surface area contributed by atoms with Gasteiger partial charge in [-0.2, -0.15) is 8.61 Å². The molecule has 0 spiro atoms. The number of hydrogen-bond donors (Lipinski definition) is 0. The van der Waals surface area contributed by atoms with E-state index >= 15 is 0 Å². The molecule has 2 saturated heterocycles. The first-order chi connectivity index (χ1) is 15.3. The zero-order valence-electron chi connectivity index (χ0n) is 18.4. The lowest BCUT2D eigenvalue weighted by atomic mass is 10.1. The zero-order chi connectivity index (χ0) is 22.8. The van der Waals surface area contributed by atoms with Crippen LogP contribution >= 0.6 is 0 Å². The van der Waals surface area contributed by atoms with Gasteiger partial charge in [-0.15, -0.1) is 0 Å². The van der Waals surface area contributed by atoms with Crippen LogP contribution in [0.1, 0.15) is 31.7 Å². The van der Waals surface area contributed by atoms with Crippen molar-refractivity contribution < 1.29 is 16.8 Å². The molecular weight excluding hydrogens is 446 g/mol. The minimum atomic E-state index is -3.66. The van der Waals surface area contributed by atoms with Crippen molar-refractivity contribution in [3.63, 3.8) is 0 Å². The van der Waals surface area contributed by atoms with E-state index in [0.717, 1.165) is 25.8 Å². The van der Waals surface area contributed by atoms with Crippen molar-refractivity contribution in [1.82, 2.24) is 13.5 Å². The Morgan fingerprint density at radius 1 is 0.750 bits per heavy atom. The summed E-state index contributed by atoms with van der Waals surface area (Å²) in [5, 5.41) is 0. The number of piperidine rings is 1. The largest absolute Gasteiger partial charge is 0.296 e. The fraction of sp³-hybridized carbons (Fsp3) is 0.478. The van der Waals surface area contributed by atoms with Crippen LogP contribution in [0.2, 0.25) is 0 Å².